The average Bonchev–Trinajstić information content (AvgIpc) is 2.70. The summed E-state index contributed by atoms with van der Waals surface area (Å²) in [5.41, 5.74) is 4.80. The molecule has 0 atom stereocenters. The van der Waals surface area contributed by atoms with Crippen LogP contribution in [0.2, 0.25) is 15.1 Å². The Hall–Kier alpha value is -2.93. The second kappa shape index (κ2) is 9.71. The van der Waals surface area contributed by atoms with E-state index >= 15 is 0 Å². The number of rotatable bonds is 6. The summed E-state index contributed by atoms with van der Waals surface area (Å²) in [7, 11) is 1.53. The van der Waals surface area contributed by atoms with Crippen molar-refractivity contribution in [3.05, 3.63) is 80.8 Å². The van der Waals surface area contributed by atoms with Gasteiger partial charge in [0, 0.05) is 38.6 Å². The van der Waals surface area contributed by atoms with Gasteiger partial charge in [0.05, 0.1) is 18.3 Å². The minimum atomic E-state index is -0.469. The van der Waals surface area contributed by atoms with Crippen LogP contribution in [-0.2, 0) is 0 Å². The molecule has 0 saturated carbocycles. The summed E-state index contributed by atoms with van der Waals surface area (Å²) < 4.78 is 5.40. The van der Waals surface area contributed by atoms with E-state index in [-0.39, 0.29) is 16.3 Å². The summed E-state index contributed by atoms with van der Waals surface area (Å²) in [6.45, 7) is 0. The molecule has 0 aliphatic carbocycles. The van der Waals surface area contributed by atoms with E-state index in [4.69, 9.17) is 39.5 Å². The van der Waals surface area contributed by atoms with Crippen LogP contribution in [0.25, 0.3) is 0 Å². The zero-order chi connectivity index (χ0) is 21.7. The van der Waals surface area contributed by atoms with Crippen molar-refractivity contribution < 1.29 is 14.6 Å². The van der Waals surface area contributed by atoms with E-state index in [0.717, 1.165) is 11.4 Å². The van der Waals surface area contributed by atoms with Crippen LogP contribution < -0.4 is 15.5 Å². The van der Waals surface area contributed by atoms with Crippen LogP contribution >= 0.6 is 34.8 Å². The van der Waals surface area contributed by atoms with Crippen LogP contribution in [0.1, 0.15) is 15.9 Å². The SMILES string of the molecule is COc1cc(Nc2cc(Cl)cc(Cl)c2)ccc1C=NNC(=O)c1ccc(O)c(Cl)c1. The Balaban J connectivity index is 1.71. The molecule has 1 amide bonds. The maximum absolute atomic E-state index is 12.1. The van der Waals surface area contributed by atoms with Gasteiger partial charge in [-0.25, -0.2) is 5.43 Å². The van der Waals surface area contributed by atoms with E-state index in [2.05, 4.69) is 15.8 Å². The second-order valence-corrected chi connectivity index (χ2v) is 7.39. The van der Waals surface area contributed by atoms with Crippen molar-refractivity contribution in [2.75, 3.05) is 12.4 Å². The molecule has 154 valence electrons. The number of hydrogen-bond donors (Lipinski definition) is 3. The first-order chi connectivity index (χ1) is 14.4. The molecule has 3 N–H and O–H groups in total. The van der Waals surface area contributed by atoms with Crippen LogP contribution in [0, 0.1) is 0 Å². The van der Waals surface area contributed by atoms with Gasteiger partial charge in [-0.15, -0.1) is 0 Å². The number of nitrogens with one attached hydrogen (secondary N) is 2. The van der Waals surface area contributed by atoms with Gasteiger partial charge in [0.25, 0.3) is 5.91 Å². The number of amides is 1. The van der Waals surface area contributed by atoms with Crippen LogP contribution in [0.5, 0.6) is 11.5 Å². The molecular weight excluding hydrogens is 449 g/mol. The first-order valence-electron chi connectivity index (χ1n) is 8.59. The number of methoxy groups -OCH3 is 1. The van der Waals surface area contributed by atoms with Crippen LogP contribution in [0.3, 0.4) is 0 Å². The number of phenols is 1. The lowest BCUT2D eigenvalue weighted by Gasteiger charge is -2.11. The molecule has 3 aromatic rings. The van der Waals surface area contributed by atoms with Gasteiger partial charge < -0.3 is 15.2 Å². The maximum Gasteiger partial charge on any atom is 0.271 e. The highest BCUT2D eigenvalue weighted by Crippen LogP contribution is 2.28. The van der Waals surface area contributed by atoms with Crippen molar-refractivity contribution in [2.45, 2.75) is 0 Å². The lowest BCUT2D eigenvalue weighted by molar-refractivity contribution is 0.0955. The van der Waals surface area contributed by atoms with Crippen molar-refractivity contribution in [1.82, 2.24) is 5.43 Å². The fourth-order valence-electron chi connectivity index (χ4n) is 2.56. The number of halogens is 3. The molecule has 0 aromatic heterocycles. The first-order valence-corrected chi connectivity index (χ1v) is 9.72. The number of carbonyl (C=O) groups is 1. The molecule has 0 unspecified atom stereocenters. The molecule has 0 heterocycles. The number of carbonyl (C=O) groups excluding carboxylic acids is 1. The number of benzene rings is 3. The number of hydrazone groups is 1. The number of aromatic hydroxyl groups is 1. The van der Waals surface area contributed by atoms with Gasteiger partial charge >= 0.3 is 0 Å². The van der Waals surface area contributed by atoms with Gasteiger partial charge in [-0.3, -0.25) is 4.79 Å². The van der Waals surface area contributed by atoms with Crippen molar-refractivity contribution in [1.29, 1.82) is 0 Å². The van der Waals surface area contributed by atoms with E-state index in [1.54, 1.807) is 30.3 Å². The quantitative estimate of drug-likeness (QED) is 0.315. The molecule has 0 spiro atoms. The highest BCUT2D eigenvalue weighted by molar-refractivity contribution is 6.35. The maximum atomic E-state index is 12.1. The summed E-state index contributed by atoms with van der Waals surface area (Å²) in [5, 5.41) is 17.7. The number of anilines is 2. The number of nitrogens with zero attached hydrogens (tertiary/aromatic N) is 1. The average molecular weight is 465 g/mol. The summed E-state index contributed by atoms with van der Waals surface area (Å²) in [5.74, 6) is -0.0303. The molecule has 0 aliphatic heterocycles. The topological polar surface area (TPSA) is 83.0 Å². The third-order valence-corrected chi connectivity index (χ3v) is 4.70. The normalized spacial score (nSPS) is 10.8. The van der Waals surface area contributed by atoms with E-state index in [1.165, 1.54) is 31.5 Å². The van der Waals surface area contributed by atoms with Gasteiger partial charge in [0.2, 0.25) is 0 Å². The Morgan fingerprint density at radius 1 is 1.00 bits per heavy atom. The molecular formula is C21H16Cl3N3O3. The van der Waals surface area contributed by atoms with E-state index in [9.17, 15) is 9.90 Å². The van der Waals surface area contributed by atoms with Crippen LogP contribution in [0.4, 0.5) is 11.4 Å². The molecule has 3 rings (SSSR count). The Labute approximate surface area is 188 Å². The summed E-state index contributed by atoms with van der Waals surface area (Å²) in [6, 6.07) is 14.6. The van der Waals surface area contributed by atoms with Crippen molar-refractivity contribution in [3.63, 3.8) is 0 Å². The van der Waals surface area contributed by atoms with Gasteiger partial charge in [0.1, 0.15) is 11.5 Å². The fourth-order valence-corrected chi connectivity index (χ4v) is 3.27. The molecule has 30 heavy (non-hydrogen) atoms. The minimum Gasteiger partial charge on any atom is -0.506 e. The summed E-state index contributed by atoms with van der Waals surface area (Å²) in [4.78, 5) is 12.1. The zero-order valence-electron chi connectivity index (χ0n) is 15.6. The molecule has 3 aromatic carbocycles. The van der Waals surface area contributed by atoms with Crippen LogP contribution in [0.15, 0.2) is 59.7 Å². The fraction of sp³-hybridized carbons (Fsp3) is 0.0476. The van der Waals surface area contributed by atoms with Gasteiger partial charge in [-0.2, -0.15) is 5.10 Å². The molecule has 9 heteroatoms. The summed E-state index contributed by atoms with van der Waals surface area (Å²) >= 11 is 17.9. The molecule has 0 radical (unpaired) electrons. The Morgan fingerprint density at radius 2 is 1.73 bits per heavy atom. The van der Waals surface area contributed by atoms with Gasteiger partial charge in [-0.05, 0) is 48.5 Å². The third kappa shape index (κ3) is 5.57. The predicted molar refractivity (Wildman–Crippen MR) is 121 cm³/mol. The van der Waals surface area contributed by atoms with Crippen molar-refractivity contribution >= 4 is 58.3 Å². The third-order valence-electron chi connectivity index (χ3n) is 3.96. The van der Waals surface area contributed by atoms with E-state index in [0.29, 0.717) is 21.4 Å². The molecule has 0 saturated heterocycles. The molecule has 6 nitrogen and oxygen atoms in total. The number of phenolic OH excluding ortho intramolecular Hbond substituents is 1. The molecule has 0 aliphatic rings. The molecule has 0 bridgehead atoms. The summed E-state index contributed by atoms with van der Waals surface area (Å²) in [6.07, 6.45) is 1.46. The predicted octanol–water partition coefficient (Wildman–Crippen LogP) is 5.87. The standard InChI is InChI=1S/C21H16Cl3N3O3/c1-30-20-10-16(26-17-8-14(22)7-15(23)9-17)4-2-13(20)11-25-27-21(29)12-3-5-19(28)18(24)6-12/h2-11,26,28H,1H3,(H,27,29). The van der Waals surface area contributed by atoms with E-state index in [1.807, 2.05) is 6.07 Å². The first kappa shape index (κ1) is 21.8. The van der Waals surface area contributed by atoms with Crippen molar-refractivity contribution in [2.24, 2.45) is 5.10 Å². The zero-order valence-corrected chi connectivity index (χ0v) is 17.9. The molecule has 0 fully saturated rings. The number of ether oxygens (including phenoxy) is 1. The highest BCUT2D eigenvalue weighted by atomic mass is 35.5. The lowest BCUT2D eigenvalue weighted by Crippen LogP contribution is -2.17. The Morgan fingerprint density at radius 3 is 2.40 bits per heavy atom. The van der Waals surface area contributed by atoms with E-state index < -0.39 is 5.91 Å². The largest absolute Gasteiger partial charge is 0.506 e. The van der Waals surface area contributed by atoms with Crippen LogP contribution in [-0.4, -0.2) is 24.3 Å². The van der Waals surface area contributed by atoms with Gasteiger partial charge in [-0.1, -0.05) is 34.8 Å². The number of hydrogen-bond acceptors (Lipinski definition) is 5. The van der Waals surface area contributed by atoms with Gasteiger partial charge in [0.15, 0.2) is 0 Å². The highest BCUT2D eigenvalue weighted by Gasteiger charge is 2.08. The minimum absolute atomic E-state index is 0.0809. The monoisotopic (exact) mass is 463 g/mol. The van der Waals surface area contributed by atoms with Crippen molar-refractivity contribution in [3.8, 4) is 11.5 Å². The smallest absolute Gasteiger partial charge is 0.271 e. The lowest BCUT2D eigenvalue weighted by atomic mass is 10.2. The Kier molecular flexibility index (Phi) is 7.05. The second-order valence-electron chi connectivity index (χ2n) is 6.11. The Bertz CT molecular complexity index is 1100.